The standard InChI is InChI=1S/C8H16N2O.C2H6.CH4/c1-4-8(11)10-5-9(6-10)7(2)3;1-2;/h7H,4-6H2,1-3H3;1-2H3;1H4. The van der Waals surface area contributed by atoms with Crippen LogP contribution in [0.25, 0.3) is 0 Å². The van der Waals surface area contributed by atoms with E-state index in [1.807, 2.05) is 25.7 Å². The van der Waals surface area contributed by atoms with Gasteiger partial charge in [-0.15, -0.1) is 0 Å². The van der Waals surface area contributed by atoms with Gasteiger partial charge in [-0.2, -0.15) is 0 Å². The SMILES string of the molecule is C.CC.CCC(=O)N1CN(C(C)C)C1. The summed E-state index contributed by atoms with van der Waals surface area (Å²) in [6, 6.07) is 0.566. The minimum Gasteiger partial charge on any atom is -0.317 e. The fourth-order valence-corrected chi connectivity index (χ4v) is 1.11. The topological polar surface area (TPSA) is 23.6 Å². The van der Waals surface area contributed by atoms with Gasteiger partial charge in [0.1, 0.15) is 0 Å². The second kappa shape index (κ2) is 7.80. The van der Waals surface area contributed by atoms with Crippen molar-refractivity contribution in [2.75, 3.05) is 13.3 Å². The molecule has 0 N–H and O–H groups in total. The van der Waals surface area contributed by atoms with Gasteiger partial charge < -0.3 is 4.90 Å². The molecule has 3 heteroatoms. The normalized spacial score (nSPS) is 15.1. The lowest BCUT2D eigenvalue weighted by molar-refractivity contribution is -0.149. The van der Waals surface area contributed by atoms with Crippen LogP contribution in [0.2, 0.25) is 0 Å². The fourth-order valence-electron chi connectivity index (χ4n) is 1.11. The summed E-state index contributed by atoms with van der Waals surface area (Å²) < 4.78 is 0. The van der Waals surface area contributed by atoms with E-state index in [9.17, 15) is 4.79 Å². The van der Waals surface area contributed by atoms with Gasteiger partial charge in [-0.05, 0) is 13.8 Å². The van der Waals surface area contributed by atoms with Gasteiger partial charge in [0.15, 0.2) is 0 Å². The van der Waals surface area contributed by atoms with Gasteiger partial charge >= 0.3 is 0 Å². The first-order valence-electron chi connectivity index (χ1n) is 5.17. The molecular formula is C11H26N2O. The van der Waals surface area contributed by atoms with Gasteiger partial charge in [0.2, 0.25) is 5.91 Å². The van der Waals surface area contributed by atoms with Gasteiger partial charge in [0.25, 0.3) is 0 Å². The minimum atomic E-state index is 0. The van der Waals surface area contributed by atoms with Crippen molar-refractivity contribution < 1.29 is 4.79 Å². The molecule has 0 atom stereocenters. The summed E-state index contributed by atoms with van der Waals surface area (Å²) in [6.45, 7) is 11.8. The predicted octanol–water partition coefficient (Wildman–Crippen LogP) is 2.53. The van der Waals surface area contributed by atoms with E-state index >= 15 is 0 Å². The van der Waals surface area contributed by atoms with Gasteiger partial charge in [-0.1, -0.05) is 28.2 Å². The van der Waals surface area contributed by atoms with Crippen molar-refractivity contribution >= 4 is 5.91 Å². The third kappa shape index (κ3) is 4.09. The van der Waals surface area contributed by atoms with Crippen molar-refractivity contribution in [1.29, 1.82) is 0 Å². The van der Waals surface area contributed by atoms with Crippen molar-refractivity contribution in [3.63, 3.8) is 0 Å². The number of amides is 1. The Morgan fingerprint density at radius 1 is 1.29 bits per heavy atom. The van der Waals surface area contributed by atoms with Crippen LogP contribution in [0.1, 0.15) is 48.5 Å². The number of nitrogens with zero attached hydrogens (tertiary/aromatic N) is 2. The molecule has 1 heterocycles. The minimum absolute atomic E-state index is 0. The molecular weight excluding hydrogens is 176 g/mol. The van der Waals surface area contributed by atoms with Crippen molar-refractivity contribution in [2.45, 2.75) is 54.5 Å². The predicted molar refractivity (Wildman–Crippen MR) is 61.9 cm³/mol. The van der Waals surface area contributed by atoms with Gasteiger partial charge in [0, 0.05) is 12.5 Å². The van der Waals surface area contributed by atoms with Crippen LogP contribution in [0.3, 0.4) is 0 Å². The summed E-state index contributed by atoms with van der Waals surface area (Å²) in [5, 5.41) is 0. The van der Waals surface area contributed by atoms with Crippen LogP contribution in [-0.4, -0.2) is 35.1 Å². The molecule has 0 unspecified atom stereocenters. The molecule has 14 heavy (non-hydrogen) atoms. The van der Waals surface area contributed by atoms with Crippen molar-refractivity contribution in [3.05, 3.63) is 0 Å². The van der Waals surface area contributed by atoms with Crippen LogP contribution >= 0.6 is 0 Å². The zero-order valence-corrected chi connectivity index (χ0v) is 9.50. The molecule has 3 nitrogen and oxygen atoms in total. The smallest absolute Gasteiger partial charge is 0.224 e. The number of carbonyl (C=O) groups excluding carboxylic acids is 1. The number of hydrogen-bond donors (Lipinski definition) is 0. The lowest BCUT2D eigenvalue weighted by atomic mass is 10.3. The molecule has 1 aliphatic heterocycles. The Morgan fingerprint density at radius 2 is 1.71 bits per heavy atom. The van der Waals surface area contributed by atoms with E-state index in [1.165, 1.54) is 0 Å². The molecule has 1 rings (SSSR count). The summed E-state index contributed by atoms with van der Waals surface area (Å²) in [7, 11) is 0. The molecule has 0 aromatic heterocycles. The van der Waals surface area contributed by atoms with E-state index in [2.05, 4.69) is 18.7 Å². The molecule has 86 valence electrons. The molecule has 0 bridgehead atoms. The molecule has 0 spiro atoms. The lowest BCUT2D eigenvalue weighted by Gasteiger charge is -2.44. The first-order valence-corrected chi connectivity index (χ1v) is 5.17. The maximum atomic E-state index is 11.1. The highest BCUT2D eigenvalue weighted by molar-refractivity contribution is 5.76. The van der Waals surface area contributed by atoms with Crippen LogP contribution in [0, 0.1) is 0 Å². The van der Waals surface area contributed by atoms with E-state index in [0.29, 0.717) is 12.5 Å². The third-order valence-electron chi connectivity index (χ3n) is 2.09. The Morgan fingerprint density at radius 3 is 2.00 bits per heavy atom. The summed E-state index contributed by atoms with van der Waals surface area (Å²) in [5.74, 6) is 0.266. The maximum absolute atomic E-state index is 11.1. The molecule has 0 aliphatic carbocycles. The van der Waals surface area contributed by atoms with Gasteiger partial charge in [-0.3, -0.25) is 9.69 Å². The van der Waals surface area contributed by atoms with Crippen molar-refractivity contribution in [1.82, 2.24) is 9.80 Å². The average molecular weight is 202 g/mol. The van der Waals surface area contributed by atoms with E-state index in [1.54, 1.807) is 0 Å². The Balaban J connectivity index is 0. The fraction of sp³-hybridized carbons (Fsp3) is 0.909. The van der Waals surface area contributed by atoms with E-state index < -0.39 is 0 Å². The first kappa shape index (κ1) is 15.9. The molecule has 1 fully saturated rings. The van der Waals surface area contributed by atoms with E-state index in [0.717, 1.165) is 13.3 Å². The highest BCUT2D eigenvalue weighted by atomic mass is 16.2. The van der Waals surface area contributed by atoms with Crippen molar-refractivity contribution in [3.8, 4) is 0 Å². The zero-order valence-electron chi connectivity index (χ0n) is 9.50. The Bertz CT molecular complexity index is 151. The average Bonchev–Trinajstić information content (AvgIpc) is 2.04. The second-order valence-electron chi connectivity index (χ2n) is 3.25. The number of rotatable bonds is 2. The van der Waals surface area contributed by atoms with Gasteiger partial charge in [0.05, 0.1) is 13.3 Å². The molecule has 1 amide bonds. The molecule has 1 aliphatic rings. The van der Waals surface area contributed by atoms with Crippen LogP contribution in [0.4, 0.5) is 0 Å². The molecule has 0 aromatic rings. The summed E-state index contributed by atoms with van der Waals surface area (Å²) in [4.78, 5) is 15.2. The quantitative estimate of drug-likeness (QED) is 0.687. The number of carbonyl (C=O) groups is 1. The van der Waals surface area contributed by atoms with Crippen LogP contribution in [0.5, 0.6) is 0 Å². The molecule has 0 saturated carbocycles. The number of hydrogen-bond acceptors (Lipinski definition) is 2. The monoisotopic (exact) mass is 202 g/mol. The van der Waals surface area contributed by atoms with Crippen LogP contribution in [-0.2, 0) is 4.79 Å². The third-order valence-corrected chi connectivity index (χ3v) is 2.09. The largest absolute Gasteiger partial charge is 0.317 e. The Labute approximate surface area is 89.1 Å². The van der Waals surface area contributed by atoms with E-state index in [-0.39, 0.29) is 13.3 Å². The maximum Gasteiger partial charge on any atom is 0.224 e. The molecule has 1 saturated heterocycles. The first-order chi connectivity index (χ1) is 6.15. The molecule has 0 radical (unpaired) electrons. The second-order valence-corrected chi connectivity index (χ2v) is 3.25. The Kier molecular flexibility index (Phi) is 8.85. The lowest BCUT2D eigenvalue weighted by Crippen LogP contribution is -2.59. The van der Waals surface area contributed by atoms with Crippen LogP contribution in [0.15, 0.2) is 0 Å². The Hall–Kier alpha value is -0.570. The highest BCUT2D eigenvalue weighted by Gasteiger charge is 2.28. The van der Waals surface area contributed by atoms with Crippen molar-refractivity contribution in [2.24, 2.45) is 0 Å². The zero-order chi connectivity index (χ0) is 10.4. The summed E-state index contributed by atoms with van der Waals surface area (Å²) in [5.41, 5.74) is 0. The highest BCUT2D eigenvalue weighted by Crippen LogP contribution is 2.13. The molecule has 0 aromatic carbocycles. The summed E-state index contributed by atoms with van der Waals surface area (Å²) in [6.07, 6.45) is 0.631. The van der Waals surface area contributed by atoms with E-state index in [4.69, 9.17) is 0 Å². The van der Waals surface area contributed by atoms with Crippen LogP contribution < -0.4 is 0 Å². The summed E-state index contributed by atoms with van der Waals surface area (Å²) >= 11 is 0. The van der Waals surface area contributed by atoms with Gasteiger partial charge in [-0.25, -0.2) is 0 Å².